The highest BCUT2D eigenvalue weighted by molar-refractivity contribution is 9.10. The van der Waals surface area contributed by atoms with E-state index < -0.39 is 0 Å². The second-order valence-corrected chi connectivity index (χ2v) is 8.12. The molecule has 0 N–H and O–H groups in total. The number of hydrogen-bond acceptors (Lipinski definition) is 5. The second-order valence-electron chi connectivity index (χ2n) is 7.27. The Morgan fingerprint density at radius 1 is 1.22 bits per heavy atom. The summed E-state index contributed by atoms with van der Waals surface area (Å²) in [6, 6.07) is 15.2. The third kappa shape index (κ3) is 5.11. The van der Waals surface area contributed by atoms with Crippen molar-refractivity contribution >= 4 is 21.8 Å². The van der Waals surface area contributed by atoms with Gasteiger partial charge in [0.2, 0.25) is 0 Å². The molecule has 0 radical (unpaired) electrons. The minimum Gasteiger partial charge on any atom is -0.490 e. The predicted molar refractivity (Wildman–Crippen MR) is 125 cm³/mol. The van der Waals surface area contributed by atoms with Crippen molar-refractivity contribution in [2.75, 3.05) is 20.3 Å². The van der Waals surface area contributed by atoms with Gasteiger partial charge in [-0.3, -0.25) is 4.79 Å². The molecule has 32 heavy (non-hydrogen) atoms. The van der Waals surface area contributed by atoms with Crippen LogP contribution in [0.2, 0.25) is 0 Å². The van der Waals surface area contributed by atoms with Crippen LogP contribution < -0.4 is 9.47 Å². The van der Waals surface area contributed by atoms with Crippen molar-refractivity contribution in [3.8, 4) is 23.3 Å². The molecule has 0 bridgehead atoms. The van der Waals surface area contributed by atoms with E-state index in [2.05, 4.69) is 27.1 Å². The highest BCUT2D eigenvalue weighted by Gasteiger charge is 2.19. The zero-order chi connectivity index (χ0) is 23.3. The third-order valence-corrected chi connectivity index (χ3v) is 5.63. The first-order chi connectivity index (χ1) is 15.3. The quantitative estimate of drug-likeness (QED) is 0.456. The summed E-state index contributed by atoms with van der Waals surface area (Å²) in [5.74, 6) is 0.636. The number of carbonyl (C=O) groups excluding carboxylic acids is 1. The smallest absolute Gasteiger partial charge is 0.260 e. The number of aromatic nitrogens is 2. The highest BCUT2D eigenvalue weighted by Crippen LogP contribution is 2.36. The van der Waals surface area contributed by atoms with E-state index in [9.17, 15) is 4.79 Å². The van der Waals surface area contributed by atoms with Gasteiger partial charge in [-0.05, 0) is 54.9 Å². The lowest BCUT2D eigenvalue weighted by Gasteiger charge is -2.19. The third-order valence-electron chi connectivity index (χ3n) is 5.04. The van der Waals surface area contributed by atoms with E-state index in [1.807, 2.05) is 55.8 Å². The van der Waals surface area contributed by atoms with Crippen molar-refractivity contribution in [1.82, 2.24) is 14.7 Å². The van der Waals surface area contributed by atoms with Gasteiger partial charge in [0.1, 0.15) is 0 Å². The topological polar surface area (TPSA) is 80.4 Å². The summed E-state index contributed by atoms with van der Waals surface area (Å²) in [6.07, 6.45) is 0. The van der Waals surface area contributed by atoms with E-state index in [1.54, 1.807) is 24.1 Å². The molecular weight excluding hydrogens is 472 g/mol. The van der Waals surface area contributed by atoms with Crippen LogP contribution in [-0.4, -0.2) is 40.8 Å². The maximum absolute atomic E-state index is 12.8. The Morgan fingerprint density at radius 3 is 2.59 bits per heavy atom. The molecule has 3 aromatic rings. The maximum Gasteiger partial charge on any atom is 0.260 e. The lowest BCUT2D eigenvalue weighted by molar-refractivity contribution is -0.132. The van der Waals surface area contributed by atoms with Crippen LogP contribution in [0.1, 0.15) is 29.4 Å². The number of nitriles is 1. The Bertz CT molecular complexity index is 1150. The zero-order valence-electron chi connectivity index (χ0n) is 18.6. The van der Waals surface area contributed by atoms with Crippen LogP contribution in [0.15, 0.2) is 46.9 Å². The first-order valence-corrected chi connectivity index (χ1v) is 11.0. The van der Waals surface area contributed by atoms with Crippen LogP contribution in [0, 0.1) is 25.2 Å². The van der Waals surface area contributed by atoms with E-state index in [0.717, 1.165) is 22.6 Å². The van der Waals surface area contributed by atoms with Gasteiger partial charge >= 0.3 is 0 Å². The Hall–Kier alpha value is -3.31. The number of amides is 1. The fraction of sp³-hybridized carbons (Fsp3) is 0.292. The molecule has 1 aromatic heterocycles. The van der Waals surface area contributed by atoms with Crippen LogP contribution in [0.25, 0.3) is 5.69 Å². The van der Waals surface area contributed by atoms with Crippen molar-refractivity contribution in [3.05, 3.63) is 69.5 Å². The van der Waals surface area contributed by atoms with Crippen molar-refractivity contribution in [1.29, 1.82) is 5.26 Å². The molecule has 1 amide bonds. The Kier molecular flexibility index (Phi) is 7.54. The van der Waals surface area contributed by atoms with E-state index in [4.69, 9.17) is 14.7 Å². The molecule has 0 atom stereocenters. The lowest BCUT2D eigenvalue weighted by atomic mass is 10.2. The molecular formula is C24H25BrN4O3. The van der Waals surface area contributed by atoms with Crippen molar-refractivity contribution in [2.45, 2.75) is 27.3 Å². The molecule has 8 heteroatoms. The van der Waals surface area contributed by atoms with Gasteiger partial charge in [0.15, 0.2) is 18.1 Å². The van der Waals surface area contributed by atoms with Gasteiger partial charge in [-0.2, -0.15) is 10.4 Å². The predicted octanol–water partition coefficient (Wildman–Crippen LogP) is 4.56. The molecule has 0 aliphatic rings. The van der Waals surface area contributed by atoms with Gasteiger partial charge in [0, 0.05) is 30.9 Å². The molecule has 0 saturated heterocycles. The van der Waals surface area contributed by atoms with Crippen molar-refractivity contribution < 1.29 is 14.3 Å². The molecule has 1 heterocycles. The van der Waals surface area contributed by atoms with Crippen LogP contribution in [0.5, 0.6) is 11.5 Å². The number of likely N-dealkylation sites (N-methyl/N-ethyl adjacent to an activating group) is 1. The number of ether oxygens (including phenoxy) is 2. The molecule has 3 rings (SSSR count). The summed E-state index contributed by atoms with van der Waals surface area (Å²) in [5.41, 5.74) is 4.28. The number of benzene rings is 2. The summed E-state index contributed by atoms with van der Waals surface area (Å²) in [7, 11) is 1.74. The number of rotatable bonds is 8. The number of para-hydroxylation sites is 1. The molecule has 0 unspecified atom stereocenters. The van der Waals surface area contributed by atoms with Gasteiger partial charge in [0.25, 0.3) is 5.91 Å². The molecule has 0 fully saturated rings. The second kappa shape index (κ2) is 10.3. The van der Waals surface area contributed by atoms with Crippen LogP contribution in [0.3, 0.4) is 0 Å². The average Bonchev–Trinajstić information content (AvgIpc) is 3.07. The van der Waals surface area contributed by atoms with Crippen LogP contribution in [0.4, 0.5) is 0 Å². The fourth-order valence-corrected chi connectivity index (χ4v) is 3.89. The van der Waals surface area contributed by atoms with Crippen LogP contribution in [-0.2, 0) is 11.3 Å². The molecule has 0 aliphatic heterocycles. The number of carbonyl (C=O) groups is 1. The minimum absolute atomic E-state index is 0.161. The van der Waals surface area contributed by atoms with Gasteiger partial charge in [-0.15, -0.1) is 0 Å². The summed E-state index contributed by atoms with van der Waals surface area (Å²) in [6.45, 7) is 6.45. The number of hydrogen-bond donors (Lipinski definition) is 0. The monoisotopic (exact) mass is 496 g/mol. The minimum atomic E-state index is -0.185. The van der Waals surface area contributed by atoms with Gasteiger partial charge in [0.05, 0.1) is 34.1 Å². The van der Waals surface area contributed by atoms with E-state index in [1.165, 1.54) is 0 Å². The average molecular weight is 497 g/mol. The number of aryl methyl sites for hydroxylation is 1. The summed E-state index contributed by atoms with van der Waals surface area (Å²) in [4.78, 5) is 14.4. The van der Waals surface area contributed by atoms with Gasteiger partial charge in [-0.1, -0.05) is 18.2 Å². The van der Waals surface area contributed by atoms with Crippen LogP contribution >= 0.6 is 15.9 Å². The largest absolute Gasteiger partial charge is 0.490 e. The molecule has 0 spiro atoms. The summed E-state index contributed by atoms with van der Waals surface area (Å²) in [5, 5.41) is 13.8. The molecule has 2 aromatic carbocycles. The first-order valence-electron chi connectivity index (χ1n) is 10.2. The number of halogens is 1. The normalized spacial score (nSPS) is 10.5. The number of nitrogens with zero attached hydrogens (tertiary/aromatic N) is 4. The SMILES string of the molecule is CCOc1cc(C#N)cc(Br)c1OCC(=O)N(C)Cc1c(C)nn(-c2ccccc2)c1C. The van der Waals surface area contributed by atoms with E-state index in [0.29, 0.717) is 34.7 Å². The Morgan fingerprint density at radius 2 is 1.94 bits per heavy atom. The Balaban J connectivity index is 1.72. The summed E-state index contributed by atoms with van der Waals surface area (Å²) >= 11 is 3.40. The molecule has 0 saturated carbocycles. The first kappa shape index (κ1) is 23.4. The van der Waals surface area contributed by atoms with Crippen molar-refractivity contribution in [2.24, 2.45) is 0 Å². The van der Waals surface area contributed by atoms with Crippen molar-refractivity contribution in [3.63, 3.8) is 0 Å². The van der Waals surface area contributed by atoms with E-state index in [-0.39, 0.29) is 12.5 Å². The van der Waals surface area contributed by atoms with Gasteiger partial charge in [-0.25, -0.2) is 4.68 Å². The lowest BCUT2D eigenvalue weighted by Crippen LogP contribution is -2.31. The summed E-state index contributed by atoms with van der Waals surface area (Å²) < 4.78 is 13.8. The Labute approximate surface area is 196 Å². The van der Waals surface area contributed by atoms with Gasteiger partial charge < -0.3 is 14.4 Å². The molecule has 0 aliphatic carbocycles. The maximum atomic E-state index is 12.8. The van der Waals surface area contributed by atoms with E-state index >= 15 is 0 Å². The highest BCUT2D eigenvalue weighted by atomic mass is 79.9. The molecule has 166 valence electrons. The zero-order valence-corrected chi connectivity index (χ0v) is 20.1. The standard InChI is InChI=1S/C24H25BrN4O3/c1-5-31-22-12-18(13-26)11-21(25)24(22)32-15-23(30)28(4)14-20-16(2)27-29(17(20)3)19-9-7-6-8-10-19/h6-12H,5,14-15H2,1-4H3. The molecule has 7 nitrogen and oxygen atoms in total. The fourth-order valence-electron chi connectivity index (χ4n) is 3.33.